The van der Waals surface area contributed by atoms with E-state index in [1.54, 1.807) is 0 Å². The van der Waals surface area contributed by atoms with Crippen molar-refractivity contribution in [1.82, 2.24) is 0 Å². The standard InChI is InChI=1S/C16H24O3S/c1-11(2)14-8-7-9-15(12(3)4)16(14)19-20(6,18)10-13(5)17/h7-9,11-12H,6,10H2,1-5H3. The minimum atomic E-state index is -2.90. The molecule has 4 heteroatoms. The molecule has 1 aromatic rings. The van der Waals surface area contributed by atoms with Crippen LogP contribution in [0.2, 0.25) is 0 Å². The largest absolute Gasteiger partial charge is 0.408 e. The Balaban J connectivity index is 3.31. The molecule has 0 saturated carbocycles. The molecule has 112 valence electrons. The van der Waals surface area contributed by atoms with Crippen molar-refractivity contribution in [3.63, 3.8) is 0 Å². The lowest BCUT2D eigenvalue weighted by atomic mass is 9.94. The molecule has 3 nitrogen and oxygen atoms in total. The fourth-order valence-electron chi connectivity index (χ4n) is 2.07. The fraction of sp³-hybridized carbons (Fsp3) is 0.500. The van der Waals surface area contributed by atoms with Crippen LogP contribution in [0.3, 0.4) is 0 Å². The molecule has 0 aliphatic heterocycles. The number of carbonyl (C=O) groups is 1. The molecule has 0 aliphatic carbocycles. The second kappa shape index (κ2) is 6.44. The molecule has 1 rings (SSSR count). The van der Waals surface area contributed by atoms with E-state index in [0.29, 0.717) is 5.75 Å². The van der Waals surface area contributed by atoms with Gasteiger partial charge >= 0.3 is 0 Å². The Hall–Kier alpha value is -1.29. The van der Waals surface area contributed by atoms with Crippen LogP contribution in [0.4, 0.5) is 0 Å². The number of hydrogen-bond acceptors (Lipinski definition) is 3. The zero-order chi connectivity index (χ0) is 15.5. The molecule has 1 unspecified atom stereocenters. The SMILES string of the molecule is C=S(=O)(CC(C)=O)Oc1c(C(C)C)cccc1C(C)C. The molecule has 0 radical (unpaired) electrons. The molecular formula is C16H24O3S. The Kier molecular flexibility index (Phi) is 5.40. The van der Waals surface area contributed by atoms with Gasteiger partial charge in [-0.1, -0.05) is 45.9 Å². The number of benzene rings is 1. The van der Waals surface area contributed by atoms with Crippen molar-refractivity contribution < 1.29 is 13.2 Å². The van der Waals surface area contributed by atoms with Crippen LogP contribution in [0.5, 0.6) is 5.75 Å². The Morgan fingerprint density at radius 3 is 2.00 bits per heavy atom. The average molecular weight is 296 g/mol. The highest BCUT2D eigenvalue weighted by Gasteiger charge is 2.19. The van der Waals surface area contributed by atoms with Gasteiger partial charge in [0.25, 0.3) is 0 Å². The second-order valence-electron chi connectivity index (χ2n) is 5.75. The Bertz CT molecular complexity index is 557. The van der Waals surface area contributed by atoms with Gasteiger partial charge in [-0.15, -0.1) is 0 Å². The Morgan fingerprint density at radius 1 is 1.20 bits per heavy atom. The van der Waals surface area contributed by atoms with Gasteiger partial charge in [0.05, 0.1) is 0 Å². The van der Waals surface area contributed by atoms with Crippen molar-refractivity contribution in [1.29, 1.82) is 0 Å². The van der Waals surface area contributed by atoms with E-state index in [-0.39, 0.29) is 23.4 Å². The van der Waals surface area contributed by atoms with Crippen LogP contribution < -0.4 is 4.18 Å². The molecule has 0 aromatic heterocycles. The maximum Gasteiger partial charge on any atom is 0.146 e. The highest BCUT2D eigenvalue weighted by molar-refractivity contribution is 7.96. The smallest absolute Gasteiger partial charge is 0.146 e. The topological polar surface area (TPSA) is 43.4 Å². The first kappa shape index (κ1) is 16.8. The summed E-state index contributed by atoms with van der Waals surface area (Å²) in [5.74, 6) is 4.37. The van der Waals surface area contributed by atoms with Gasteiger partial charge in [0, 0.05) is 0 Å². The maximum absolute atomic E-state index is 12.4. The van der Waals surface area contributed by atoms with Gasteiger partial charge in [0.1, 0.15) is 27.1 Å². The van der Waals surface area contributed by atoms with Crippen molar-refractivity contribution >= 4 is 21.5 Å². The summed E-state index contributed by atoms with van der Waals surface area (Å²) >= 11 is 0. The summed E-state index contributed by atoms with van der Waals surface area (Å²) in [7, 11) is -2.90. The van der Waals surface area contributed by atoms with Crippen LogP contribution >= 0.6 is 0 Å². The summed E-state index contributed by atoms with van der Waals surface area (Å²) in [6.07, 6.45) is 0. The highest BCUT2D eigenvalue weighted by Crippen LogP contribution is 2.35. The highest BCUT2D eigenvalue weighted by atomic mass is 32.2. The van der Waals surface area contributed by atoms with Crippen molar-refractivity contribution in [2.75, 3.05) is 5.75 Å². The third kappa shape index (κ3) is 4.37. The summed E-state index contributed by atoms with van der Waals surface area (Å²) in [6.45, 7) is 9.63. The van der Waals surface area contributed by atoms with E-state index >= 15 is 0 Å². The normalized spacial score (nSPS) is 14.3. The van der Waals surface area contributed by atoms with Crippen LogP contribution in [-0.2, 0) is 14.6 Å². The third-order valence-corrected chi connectivity index (χ3v) is 4.30. The lowest BCUT2D eigenvalue weighted by Gasteiger charge is -2.21. The van der Waals surface area contributed by atoms with E-state index in [0.717, 1.165) is 11.1 Å². The fourth-order valence-corrected chi connectivity index (χ4v) is 3.24. The number of Topliss-reactive ketones (excluding diaryl/α,β-unsaturated/α-hetero) is 1. The first-order valence-electron chi connectivity index (χ1n) is 6.80. The molecule has 0 fully saturated rings. The monoisotopic (exact) mass is 296 g/mol. The first-order valence-corrected chi connectivity index (χ1v) is 8.62. The Labute approximate surface area is 122 Å². The molecule has 1 aromatic carbocycles. The van der Waals surface area contributed by atoms with E-state index in [1.165, 1.54) is 6.92 Å². The van der Waals surface area contributed by atoms with Crippen LogP contribution in [0.1, 0.15) is 57.6 Å². The molecule has 1 atom stereocenters. The van der Waals surface area contributed by atoms with Crippen LogP contribution in [-0.4, -0.2) is 21.6 Å². The van der Waals surface area contributed by atoms with Crippen molar-refractivity contribution in [2.24, 2.45) is 0 Å². The van der Waals surface area contributed by atoms with Gasteiger partial charge in [-0.3, -0.25) is 4.79 Å². The van der Waals surface area contributed by atoms with E-state index in [9.17, 15) is 9.00 Å². The van der Waals surface area contributed by atoms with E-state index in [1.807, 2.05) is 18.2 Å². The molecular weight excluding hydrogens is 272 g/mol. The molecule has 0 spiro atoms. The number of carbonyl (C=O) groups excluding carboxylic acids is 1. The molecule has 0 bridgehead atoms. The summed E-state index contributed by atoms with van der Waals surface area (Å²) in [5, 5.41) is 0. The van der Waals surface area contributed by atoms with Crippen LogP contribution in [0, 0.1) is 0 Å². The lowest BCUT2D eigenvalue weighted by Crippen LogP contribution is -2.20. The first-order chi connectivity index (χ1) is 9.14. The number of hydrogen-bond donors (Lipinski definition) is 0. The minimum absolute atomic E-state index is 0.156. The predicted octanol–water partition coefficient (Wildman–Crippen LogP) is 3.53. The predicted molar refractivity (Wildman–Crippen MR) is 86.1 cm³/mol. The quantitative estimate of drug-likeness (QED) is 0.754. The third-order valence-electron chi connectivity index (χ3n) is 2.98. The summed E-state index contributed by atoms with van der Waals surface area (Å²) in [5.41, 5.74) is 1.99. The van der Waals surface area contributed by atoms with Crippen molar-refractivity contribution in [3.05, 3.63) is 29.3 Å². The van der Waals surface area contributed by atoms with Gasteiger partial charge in [-0.2, -0.15) is 0 Å². The van der Waals surface area contributed by atoms with Gasteiger partial charge in [-0.25, -0.2) is 4.21 Å². The zero-order valence-electron chi connectivity index (χ0n) is 12.9. The number of para-hydroxylation sites is 1. The molecule has 0 N–H and O–H groups in total. The van der Waals surface area contributed by atoms with Crippen LogP contribution in [0.25, 0.3) is 0 Å². The van der Waals surface area contributed by atoms with E-state index < -0.39 is 9.80 Å². The van der Waals surface area contributed by atoms with Gasteiger partial charge in [0.2, 0.25) is 0 Å². The zero-order valence-corrected chi connectivity index (χ0v) is 13.8. The minimum Gasteiger partial charge on any atom is -0.408 e. The maximum atomic E-state index is 12.4. The van der Waals surface area contributed by atoms with E-state index in [2.05, 4.69) is 33.6 Å². The molecule has 0 heterocycles. The number of rotatable bonds is 6. The molecule has 0 aliphatic rings. The van der Waals surface area contributed by atoms with Crippen molar-refractivity contribution in [3.8, 4) is 5.75 Å². The van der Waals surface area contributed by atoms with Crippen LogP contribution in [0.15, 0.2) is 18.2 Å². The average Bonchev–Trinajstić information content (AvgIpc) is 2.25. The summed E-state index contributed by atoms with van der Waals surface area (Å²) in [4.78, 5) is 11.2. The van der Waals surface area contributed by atoms with Gasteiger partial charge in [-0.05, 0) is 35.8 Å². The lowest BCUT2D eigenvalue weighted by molar-refractivity contribution is -0.114. The molecule has 0 amide bonds. The molecule has 0 saturated heterocycles. The van der Waals surface area contributed by atoms with Gasteiger partial charge in [0.15, 0.2) is 0 Å². The second-order valence-corrected chi connectivity index (χ2v) is 7.69. The van der Waals surface area contributed by atoms with Crippen molar-refractivity contribution in [2.45, 2.75) is 46.5 Å². The molecule has 20 heavy (non-hydrogen) atoms. The summed E-state index contributed by atoms with van der Waals surface area (Å²) < 4.78 is 18.1. The Morgan fingerprint density at radius 2 is 1.65 bits per heavy atom. The summed E-state index contributed by atoms with van der Waals surface area (Å²) in [6, 6.07) is 5.91. The number of ketones is 1. The van der Waals surface area contributed by atoms with E-state index in [4.69, 9.17) is 4.18 Å². The van der Waals surface area contributed by atoms with Gasteiger partial charge < -0.3 is 4.18 Å².